The van der Waals surface area contributed by atoms with Crippen LogP contribution >= 0.6 is 0 Å². The zero-order valence-electron chi connectivity index (χ0n) is 15.6. The van der Waals surface area contributed by atoms with E-state index in [1.54, 1.807) is 7.11 Å². The Morgan fingerprint density at radius 2 is 1.96 bits per heavy atom. The summed E-state index contributed by atoms with van der Waals surface area (Å²) < 4.78 is 10.8. The summed E-state index contributed by atoms with van der Waals surface area (Å²) in [5, 5.41) is 7.13. The number of rotatable bonds is 7. The third-order valence-electron chi connectivity index (χ3n) is 4.95. The molecule has 1 aromatic heterocycles. The first-order valence-electron chi connectivity index (χ1n) is 9.41. The summed E-state index contributed by atoms with van der Waals surface area (Å²) in [4.78, 5) is 20.9. The van der Waals surface area contributed by atoms with Gasteiger partial charge in [-0.3, -0.25) is 14.6 Å². The first kappa shape index (κ1) is 17.9. The quantitative estimate of drug-likeness (QED) is 0.781. The van der Waals surface area contributed by atoms with E-state index in [0.717, 1.165) is 50.3 Å². The van der Waals surface area contributed by atoms with Crippen molar-refractivity contribution < 1.29 is 14.1 Å². The molecule has 1 aromatic carbocycles. The largest absolute Gasteiger partial charge is 0.496 e. The molecular formula is C19H25N5O3. The molecule has 27 heavy (non-hydrogen) atoms. The van der Waals surface area contributed by atoms with Gasteiger partial charge < -0.3 is 14.6 Å². The lowest BCUT2D eigenvalue weighted by Gasteiger charge is -2.33. The van der Waals surface area contributed by atoms with E-state index in [4.69, 9.17) is 9.26 Å². The minimum absolute atomic E-state index is 0.143. The smallest absolute Gasteiger partial charge is 0.241 e. The number of hydrogen-bond acceptors (Lipinski definition) is 7. The van der Waals surface area contributed by atoms with Crippen LogP contribution in [0.3, 0.4) is 0 Å². The second-order valence-corrected chi connectivity index (χ2v) is 7.11. The predicted molar refractivity (Wildman–Crippen MR) is 99.2 cm³/mol. The molecule has 2 aromatic rings. The molecule has 0 radical (unpaired) electrons. The Morgan fingerprint density at radius 3 is 2.70 bits per heavy atom. The Labute approximate surface area is 158 Å². The zero-order chi connectivity index (χ0) is 18.6. The van der Waals surface area contributed by atoms with Gasteiger partial charge in [0, 0.05) is 32.2 Å². The zero-order valence-corrected chi connectivity index (χ0v) is 15.6. The van der Waals surface area contributed by atoms with E-state index in [9.17, 15) is 4.79 Å². The molecule has 2 heterocycles. The van der Waals surface area contributed by atoms with Gasteiger partial charge in [-0.2, -0.15) is 4.98 Å². The molecule has 1 aliphatic heterocycles. The molecule has 144 valence electrons. The number of methoxy groups -OCH3 is 1. The van der Waals surface area contributed by atoms with E-state index in [1.165, 1.54) is 0 Å². The third-order valence-corrected chi connectivity index (χ3v) is 4.95. The molecule has 0 atom stereocenters. The Morgan fingerprint density at radius 1 is 1.22 bits per heavy atom. The number of piperazine rings is 1. The van der Waals surface area contributed by atoms with E-state index in [1.807, 2.05) is 24.3 Å². The van der Waals surface area contributed by atoms with Gasteiger partial charge in [-0.05, 0) is 25.0 Å². The van der Waals surface area contributed by atoms with Gasteiger partial charge in [0.2, 0.25) is 17.6 Å². The van der Waals surface area contributed by atoms with Crippen LogP contribution in [-0.2, 0) is 11.3 Å². The highest BCUT2D eigenvalue weighted by atomic mass is 16.5. The number of ether oxygens (including phenoxy) is 1. The van der Waals surface area contributed by atoms with Gasteiger partial charge in [-0.1, -0.05) is 17.3 Å². The molecule has 4 rings (SSSR count). The fraction of sp³-hybridized carbons (Fsp3) is 0.526. The second kappa shape index (κ2) is 8.06. The number of aromatic nitrogens is 2. The molecule has 1 N–H and O–H groups in total. The summed E-state index contributed by atoms with van der Waals surface area (Å²) in [6.45, 7) is 4.59. The number of para-hydroxylation sites is 1. The van der Waals surface area contributed by atoms with Crippen LogP contribution in [0.15, 0.2) is 28.8 Å². The van der Waals surface area contributed by atoms with Crippen molar-refractivity contribution in [3.63, 3.8) is 0 Å². The van der Waals surface area contributed by atoms with Gasteiger partial charge in [0.15, 0.2) is 0 Å². The molecule has 1 saturated carbocycles. The lowest BCUT2D eigenvalue weighted by Crippen LogP contribution is -2.49. The van der Waals surface area contributed by atoms with Gasteiger partial charge >= 0.3 is 0 Å². The number of benzene rings is 1. The van der Waals surface area contributed by atoms with Crippen LogP contribution in [0.1, 0.15) is 18.7 Å². The fourth-order valence-corrected chi connectivity index (χ4v) is 3.26. The molecule has 1 amide bonds. The van der Waals surface area contributed by atoms with Gasteiger partial charge in [-0.25, -0.2) is 0 Å². The van der Waals surface area contributed by atoms with Gasteiger partial charge in [-0.15, -0.1) is 0 Å². The highest BCUT2D eigenvalue weighted by Crippen LogP contribution is 2.27. The van der Waals surface area contributed by atoms with Crippen LogP contribution in [0.25, 0.3) is 11.4 Å². The summed E-state index contributed by atoms with van der Waals surface area (Å²) in [7, 11) is 1.63. The van der Waals surface area contributed by atoms with Crippen molar-refractivity contribution >= 4 is 5.91 Å². The Hall–Kier alpha value is -2.45. The molecule has 0 spiro atoms. The van der Waals surface area contributed by atoms with Crippen molar-refractivity contribution in [2.24, 2.45) is 0 Å². The number of nitrogens with zero attached hydrogens (tertiary/aromatic N) is 4. The predicted octanol–water partition coefficient (Wildman–Crippen LogP) is 1.14. The van der Waals surface area contributed by atoms with Crippen molar-refractivity contribution in [1.82, 2.24) is 25.3 Å². The first-order valence-corrected chi connectivity index (χ1v) is 9.41. The third kappa shape index (κ3) is 4.64. The normalized spacial score (nSPS) is 18.4. The first-order chi connectivity index (χ1) is 13.2. The van der Waals surface area contributed by atoms with Crippen molar-refractivity contribution in [2.75, 3.05) is 39.8 Å². The summed E-state index contributed by atoms with van der Waals surface area (Å²) in [6, 6.07) is 8.05. The van der Waals surface area contributed by atoms with E-state index in [-0.39, 0.29) is 5.91 Å². The highest BCUT2D eigenvalue weighted by Gasteiger charge is 2.25. The van der Waals surface area contributed by atoms with Gasteiger partial charge in [0.25, 0.3) is 0 Å². The van der Waals surface area contributed by atoms with E-state index in [0.29, 0.717) is 30.8 Å². The molecule has 0 bridgehead atoms. The lowest BCUT2D eigenvalue weighted by atomic mass is 10.2. The number of amides is 1. The molecular weight excluding hydrogens is 346 g/mol. The second-order valence-electron chi connectivity index (χ2n) is 7.11. The summed E-state index contributed by atoms with van der Waals surface area (Å²) >= 11 is 0. The lowest BCUT2D eigenvalue weighted by molar-refractivity contribution is -0.122. The van der Waals surface area contributed by atoms with E-state index in [2.05, 4.69) is 25.3 Å². The van der Waals surface area contributed by atoms with Crippen LogP contribution in [0.2, 0.25) is 0 Å². The Bertz CT molecular complexity index is 781. The molecule has 2 fully saturated rings. The van der Waals surface area contributed by atoms with Crippen LogP contribution in [0, 0.1) is 0 Å². The van der Waals surface area contributed by atoms with Crippen molar-refractivity contribution in [3.05, 3.63) is 30.2 Å². The van der Waals surface area contributed by atoms with Gasteiger partial charge in [0.1, 0.15) is 5.75 Å². The molecule has 8 nitrogen and oxygen atoms in total. The molecule has 0 unspecified atom stereocenters. The minimum Gasteiger partial charge on any atom is -0.496 e. The number of carbonyl (C=O) groups is 1. The monoisotopic (exact) mass is 371 g/mol. The SMILES string of the molecule is COc1ccccc1-c1noc(CN2CCN(CC(=O)NC3CC3)CC2)n1. The maximum Gasteiger partial charge on any atom is 0.241 e. The number of nitrogens with one attached hydrogen (secondary N) is 1. The Balaban J connectivity index is 1.28. The van der Waals surface area contributed by atoms with Crippen LogP contribution in [-0.4, -0.2) is 71.7 Å². The van der Waals surface area contributed by atoms with Crippen LogP contribution < -0.4 is 10.1 Å². The average molecular weight is 371 g/mol. The molecule has 1 saturated heterocycles. The summed E-state index contributed by atoms with van der Waals surface area (Å²) in [6.07, 6.45) is 2.25. The number of hydrogen-bond donors (Lipinski definition) is 1. The van der Waals surface area contributed by atoms with Crippen molar-refractivity contribution in [3.8, 4) is 17.1 Å². The maximum absolute atomic E-state index is 11.9. The van der Waals surface area contributed by atoms with E-state index < -0.39 is 0 Å². The van der Waals surface area contributed by atoms with Crippen LogP contribution in [0.5, 0.6) is 5.75 Å². The van der Waals surface area contributed by atoms with Gasteiger partial charge in [0.05, 0.1) is 25.8 Å². The fourth-order valence-electron chi connectivity index (χ4n) is 3.26. The highest BCUT2D eigenvalue weighted by molar-refractivity contribution is 5.78. The molecule has 1 aliphatic carbocycles. The molecule has 2 aliphatic rings. The van der Waals surface area contributed by atoms with E-state index >= 15 is 0 Å². The van der Waals surface area contributed by atoms with Crippen LogP contribution in [0.4, 0.5) is 0 Å². The van der Waals surface area contributed by atoms with Crippen molar-refractivity contribution in [1.29, 1.82) is 0 Å². The van der Waals surface area contributed by atoms with Crippen molar-refractivity contribution in [2.45, 2.75) is 25.4 Å². The topological polar surface area (TPSA) is 83.7 Å². The maximum atomic E-state index is 11.9. The average Bonchev–Trinajstić information content (AvgIpc) is 3.38. The minimum atomic E-state index is 0.143. The Kier molecular flexibility index (Phi) is 5.35. The summed E-state index contributed by atoms with van der Waals surface area (Å²) in [5.41, 5.74) is 0.821. The summed E-state index contributed by atoms with van der Waals surface area (Å²) in [5.74, 6) is 2.00. The number of carbonyl (C=O) groups excluding carboxylic acids is 1. The molecule has 8 heteroatoms. The standard InChI is InChI=1S/C19H25N5O3/c1-26-16-5-3-2-4-15(16)19-21-18(27-22-19)13-24-10-8-23(9-11-24)12-17(25)20-14-6-7-14/h2-5,14H,6-13H2,1H3,(H,20,25).